The number of pyridine rings is 1. The van der Waals surface area contributed by atoms with Crippen LogP contribution in [0.25, 0.3) is 22.0 Å². The second-order valence-electron chi connectivity index (χ2n) is 8.79. The number of nitriles is 1. The standard InChI is InChI=1S/C23H22F5N4OPS/c1-4-35-18-7-14(21(11-29)5-6-21)10-34-19(18)15-8-16-17(9-30-15)31(20(33)32(16)13(2)3)12-22(24,25)23(26,27)28/h7-10,13H,4-6,12H2,1-3H3. The highest BCUT2D eigenvalue weighted by Crippen LogP contribution is 2.51. The van der Waals surface area contributed by atoms with Crippen molar-refractivity contribution in [3.05, 3.63) is 40.2 Å². The Hall–Kier alpha value is -2.44. The van der Waals surface area contributed by atoms with Gasteiger partial charge in [-0.2, -0.15) is 27.2 Å². The molecule has 35 heavy (non-hydrogen) atoms. The summed E-state index contributed by atoms with van der Waals surface area (Å²) >= 11 is 1.58. The third-order valence-electron chi connectivity index (χ3n) is 6.05. The van der Waals surface area contributed by atoms with Crippen molar-refractivity contribution in [2.24, 2.45) is 0 Å². The Morgan fingerprint density at radius 3 is 2.46 bits per heavy atom. The summed E-state index contributed by atoms with van der Waals surface area (Å²) < 4.78 is 67.9. The van der Waals surface area contributed by atoms with E-state index >= 15 is 0 Å². The fraction of sp³-hybridized carbons (Fsp3) is 0.478. The van der Waals surface area contributed by atoms with Crippen LogP contribution in [0.3, 0.4) is 0 Å². The second kappa shape index (κ2) is 8.90. The molecule has 0 atom stereocenters. The number of alkyl halides is 5. The summed E-state index contributed by atoms with van der Waals surface area (Å²) in [4.78, 5) is 18.2. The normalized spacial score (nSPS) is 15.8. The molecule has 0 saturated heterocycles. The van der Waals surface area contributed by atoms with Gasteiger partial charge < -0.3 is 0 Å². The summed E-state index contributed by atoms with van der Waals surface area (Å²) in [6.45, 7) is 3.48. The van der Waals surface area contributed by atoms with Crippen LogP contribution >= 0.6 is 20.0 Å². The zero-order chi connectivity index (χ0) is 25.8. The molecule has 1 aliphatic rings. The van der Waals surface area contributed by atoms with E-state index < -0.39 is 35.8 Å². The average molecular weight is 528 g/mol. The quantitative estimate of drug-likeness (QED) is 0.248. The van der Waals surface area contributed by atoms with Crippen LogP contribution in [0.4, 0.5) is 22.0 Å². The Kier molecular flexibility index (Phi) is 6.52. The summed E-state index contributed by atoms with van der Waals surface area (Å²) in [6.07, 6.45) is -2.99. The van der Waals surface area contributed by atoms with Crippen LogP contribution in [0.1, 0.15) is 45.2 Å². The fourth-order valence-electron chi connectivity index (χ4n) is 4.00. The van der Waals surface area contributed by atoms with Gasteiger partial charge in [0.15, 0.2) is 0 Å². The van der Waals surface area contributed by atoms with Crippen molar-refractivity contribution in [1.29, 1.82) is 5.26 Å². The Morgan fingerprint density at radius 1 is 1.23 bits per heavy atom. The summed E-state index contributed by atoms with van der Waals surface area (Å²) in [6, 6.07) is 5.46. The van der Waals surface area contributed by atoms with E-state index in [1.54, 1.807) is 31.7 Å². The van der Waals surface area contributed by atoms with Gasteiger partial charge in [0.05, 0.1) is 34.4 Å². The summed E-state index contributed by atoms with van der Waals surface area (Å²) in [5.41, 5.74) is 0.209. The van der Waals surface area contributed by atoms with E-state index in [2.05, 4.69) is 11.1 Å². The third kappa shape index (κ3) is 4.47. The predicted octanol–water partition coefficient (Wildman–Crippen LogP) is 6.89. The maximum absolute atomic E-state index is 13.8. The molecule has 0 amide bonds. The van der Waals surface area contributed by atoms with E-state index in [-0.39, 0.29) is 11.0 Å². The number of halogens is 5. The first kappa shape index (κ1) is 25.6. The number of thioether (sulfide) groups is 1. The number of fused-ring (bicyclic) bond motifs is 1. The van der Waals surface area contributed by atoms with Gasteiger partial charge in [0.1, 0.15) is 6.54 Å². The van der Waals surface area contributed by atoms with Crippen LogP contribution in [0, 0.1) is 11.3 Å². The van der Waals surface area contributed by atoms with Gasteiger partial charge in [-0.15, -0.1) is 11.8 Å². The summed E-state index contributed by atoms with van der Waals surface area (Å²) in [7, 11) is 0.794. The van der Waals surface area contributed by atoms with E-state index in [1.807, 2.05) is 18.8 Å². The largest absolute Gasteiger partial charge is 0.455 e. The van der Waals surface area contributed by atoms with Crippen molar-refractivity contribution in [3.8, 4) is 17.1 Å². The number of rotatable bonds is 7. The van der Waals surface area contributed by atoms with Crippen LogP contribution in [0.15, 0.2) is 33.8 Å². The minimum Gasteiger partial charge on any atom is -0.289 e. The predicted molar refractivity (Wildman–Crippen MR) is 126 cm³/mol. The molecular weight excluding hydrogens is 506 g/mol. The van der Waals surface area contributed by atoms with Crippen molar-refractivity contribution in [3.63, 3.8) is 0 Å². The van der Waals surface area contributed by atoms with Gasteiger partial charge in [-0.1, -0.05) is 15.1 Å². The lowest BCUT2D eigenvalue weighted by atomic mass is 10.0. The topological polar surface area (TPSA) is 63.6 Å². The monoisotopic (exact) mass is 528 g/mol. The molecule has 4 rings (SSSR count). The zero-order valence-electron chi connectivity index (χ0n) is 19.2. The number of hydrogen-bond acceptors (Lipinski definition) is 4. The van der Waals surface area contributed by atoms with Gasteiger partial charge >= 0.3 is 17.8 Å². The Balaban J connectivity index is 1.87. The summed E-state index contributed by atoms with van der Waals surface area (Å²) in [5.74, 6) is -2.35. The first-order valence-electron chi connectivity index (χ1n) is 11.0. The van der Waals surface area contributed by atoms with E-state index in [0.717, 1.165) is 42.5 Å². The molecule has 0 aliphatic heterocycles. The van der Waals surface area contributed by atoms with Crippen LogP contribution in [0.2, 0.25) is 0 Å². The molecule has 1 saturated carbocycles. The summed E-state index contributed by atoms with van der Waals surface area (Å²) in [5, 5.41) is 10.4. The molecule has 0 unspecified atom stereocenters. The number of hydrogen-bond donors (Lipinski definition) is 0. The second-order valence-corrected chi connectivity index (χ2v) is 11.1. The van der Waals surface area contributed by atoms with E-state index in [9.17, 15) is 32.0 Å². The van der Waals surface area contributed by atoms with Gasteiger partial charge in [0.25, 0.3) is 0 Å². The van der Waals surface area contributed by atoms with Crippen molar-refractivity contribution in [1.82, 2.24) is 14.1 Å². The van der Waals surface area contributed by atoms with Crippen LogP contribution in [0.5, 0.6) is 0 Å². The Morgan fingerprint density at radius 2 is 1.91 bits per heavy atom. The lowest BCUT2D eigenvalue weighted by molar-refractivity contribution is -0.286. The fourth-order valence-corrected chi connectivity index (χ4v) is 6.15. The maximum atomic E-state index is 13.8. The molecule has 0 radical (unpaired) electrons. The van der Waals surface area contributed by atoms with Crippen LogP contribution in [-0.4, -0.2) is 32.0 Å². The smallest absolute Gasteiger partial charge is 0.289 e. The van der Waals surface area contributed by atoms with E-state index in [1.165, 1.54) is 10.8 Å². The zero-order valence-corrected chi connectivity index (χ0v) is 20.9. The number of imidazole rings is 1. The van der Waals surface area contributed by atoms with Crippen LogP contribution < -0.4 is 5.69 Å². The molecular formula is C23H22F5N4OPS. The lowest BCUT2D eigenvalue weighted by Gasteiger charge is -2.19. The molecule has 186 valence electrons. The molecule has 1 fully saturated rings. The van der Waals surface area contributed by atoms with Gasteiger partial charge in [0.2, 0.25) is 0 Å². The molecule has 3 aromatic heterocycles. The highest BCUT2D eigenvalue weighted by Gasteiger charge is 2.58. The van der Waals surface area contributed by atoms with Gasteiger partial charge in [-0.05, 0) is 55.9 Å². The van der Waals surface area contributed by atoms with Gasteiger partial charge in [-0.3, -0.25) is 14.1 Å². The van der Waals surface area contributed by atoms with Gasteiger partial charge in [0, 0.05) is 16.2 Å². The molecule has 3 aromatic rings. The minimum absolute atomic E-state index is 0.0872. The SMILES string of the molecule is CCSc1cc(C2(C#N)CC2)cpc1-c1cc2c(cn1)n(CC(F)(F)C(F)(F)F)c(=O)n2C(C)C. The molecule has 0 N–H and O–H groups in total. The first-order chi connectivity index (χ1) is 16.3. The molecule has 0 bridgehead atoms. The highest BCUT2D eigenvalue weighted by atomic mass is 32.2. The molecule has 3 heterocycles. The van der Waals surface area contributed by atoms with Crippen molar-refractivity contribution >= 4 is 31.0 Å². The van der Waals surface area contributed by atoms with E-state index in [4.69, 9.17) is 0 Å². The van der Waals surface area contributed by atoms with E-state index in [0.29, 0.717) is 10.3 Å². The Labute approximate surface area is 204 Å². The molecule has 1 aliphatic carbocycles. The van der Waals surface area contributed by atoms with Crippen molar-refractivity contribution in [2.45, 2.75) is 68.6 Å². The van der Waals surface area contributed by atoms with Crippen molar-refractivity contribution < 1.29 is 22.0 Å². The molecule has 5 nitrogen and oxygen atoms in total. The highest BCUT2D eigenvalue weighted by molar-refractivity contribution is 7.99. The Bertz CT molecular complexity index is 1390. The average Bonchev–Trinajstić information content (AvgIpc) is 3.53. The van der Waals surface area contributed by atoms with Crippen molar-refractivity contribution in [2.75, 3.05) is 5.75 Å². The first-order valence-corrected chi connectivity index (χ1v) is 12.9. The molecule has 0 aromatic carbocycles. The molecule has 12 heteroatoms. The minimum atomic E-state index is -5.79. The maximum Gasteiger partial charge on any atom is 0.455 e. The molecule has 0 spiro atoms. The lowest BCUT2D eigenvalue weighted by Crippen LogP contribution is -2.43. The van der Waals surface area contributed by atoms with Crippen LogP contribution in [-0.2, 0) is 12.0 Å². The number of nitrogens with zero attached hydrogens (tertiary/aromatic N) is 4. The third-order valence-corrected chi connectivity index (χ3v) is 8.26. The van der Waals surface area contributed by atoms with Gasteiger partial charge in [-0.25, -0.2) is 4.79 Å². The number of aromatic nitrogens is 3.